The SMILES string of the molecule is CCC1(C(=O)N2CCCC(CC(=O)O)C2)CCNC1. The first-order chi connectivity index (χ1) is 9.07. The van der Waals surface area contributed by atoms with E-state index in [1.807, 2.05) is 4.90 Å². The number of carbonyl (C=O) groups is 2. The van der Waals surface area contributed by atoms with Gasteiger partial charge in [0.15, 0.2) is 0 Å². The van der Waals surface area contributed by atoms with E-state index in [1.54, 1.807) is 0 Å². The summed E-state index contributed by atoms with van der Waals surface area (Å²) in [5.41, 5.74) is -0.245. The molecule has 0 bridgehead atoms. The Morgan fingerprint density at radius 2 is 2.26 bits per heavy atom. The number of hydrogen-bond acceptors (Lipinski definition) is 3. The fourth-order valence-electron chi connectivity index (χ4n) is 3.38. The number of hydrogen-bond donors (Lipinski definition) is 2. The van der Waals surface area contributed by atoms with E-state index in [-0.39, 0.29) is 23.7 Å². The van der Waals surface area contributed by atoms with E-state index < -0.39 is 5.97 Å². The van der Waals surface area contributed by atoms with Gasteiger partial charge in [-0.05, 0) is 38.1 Å². The highest BCUT2D eigenvalue weighted by atomic mass is 16.4. The minimum atomic E-state index is -0.757. The number of aliphatic carboxylic acids is 1. The minimum absolute atomic E-state index is 0.124. The van der Waals surface area contributed by atoms with Crippen molar-refractivity contribution >= 4 is 11.9 Å². The summed E-state index contributed by atoms with van der Waals surface area (Å²) >= 11 is 0. The molecule has 2 N–H and O–H groups in total. The number of likely N-dealkylation sites (tertiary alicyclic amines) is 1. The number of piperidine rings is 1. The summed E-state index contributed by atoms with van der Waals surface area (Å²) in [4.78, 5) is 25.4. The molecule has 2 aliphatic rings. The molecule has 1 amide bonds. The fraction of sp³-hybridized carbons (Fsp3) is 0.857. The van der Waals surface area contributed by atoms with Gasteiger partial charge in [-0.15, -0.1) is 0 Å². The quantitative estimate of drug-likeness (QED) is 0.801. The summed E-state index contributed by atoms with van der Waals surface area (Å²) in [6.07, 6.45) is 3.80. The van der Waals surface area contributed by atoms with Crippen LogP contribution in [0.5, 0.6) is 0 Å². The van der Waals surface area contributed by atoms with Crippen LogP contribution in [0.4, 0.5) is 0 Å². The summed E-state index contributed by atoms with van der Waals surface area (Å²) in [6.45, 7) is 5.15. The molecule has 0 spiro atoms. The first-order valence-electron chi connectivity index (χ1n) is 7.29. The van der Waals surface area contributed by atoms with Crippen molar-refractivity contribution in [1.29, 1.82) is 0 Å². The van der Waals surface area contributed by atoms with E-state index >= 15 is 0 Å². The number of carboxylic acid groups (broad SMARTS) is 1. The normalized spacial score (nSPS) is 31.4. The first kappa shape index (κ1) is 14.3. The van der Waals surface area contributed by atoms with Gasteiger partial charge in [-0.3, -0.25) is 9.59 Å². The lowest BCUT2D eigenvalue weighted by Crippen LogP contribution is -2.49. The maximum absolute atomic E-state index is 12.7. The first-order valence-corrected chi connectivity index (χ1v) is 7.29. The minimum Gasteiger partial charge on any atom is -0.481 e. The van der Waals surface area contributed by atoms with Crippen LogP contribution in [-0.4, -0.2) is 48.1 Å². The Hall–Kier alpha value is -1.10. The van der Waals surface area contributed by atoms with Crippen molar-refractivity contribution in [2.24, 2.45) is 11.3 Å². The zero-order chi connectivity index (χ0) is 13.9. The lowest BCUT2D eigenvalue weighted by atomic mass is 9.81. The zero-order valence-corrected chi connectivity index (χ0v) is 11.7. The van der Waals surface area contributed by atoms with Gasteiger partial charge in [-0.25, -0.2) is 0 Å². The predicted octanol–water partition coefficient (Wildman–Crippen LogP) is 1.09. The number of carboxylic acids is 1. The molecule has 2 atom stereocenters. The lowest BCUT2D eigenvalue weighted by Gasteiger charge is -2.38. The molecule has 0 aromatic heterocycles. The van der Waals surface area contributed by atoms with Crippen molar-refractivity contribution < 1.29 is 14.7 Å². The summed E-state index contributed by atoms with van der Waals surface area (Å²) in [7, 11) is 0. The average Bonchev–Trinajstić information content (AvgIpc) is 2.87. The van der Waals surface area contributed by atoms with Crippen molar-refractivity contribution in [3.8, 4) is 0 Å². The van der Waals surface area contributed by atoms with Crippen LogP contribution in [0.15, 0.2) is 0 Å². The Bertz CT molecular complexity index is 351. The van der Waals surface area contributed by atoms with Crippen molar-refractivity contribution in [2.75, 3.05) is 26.2 Å². The smallest absolute Gasteiger partial charge is 0.303 e. The van der Waals surface area contributed by atoms with Crippen LogP contribution in [0, 0.1) is 11.3 Å². The average molecular weight is 268 g/mol. The maximum Gasteiger partial charge on any atom is 0.303 e. The summed E-state index contributed by atoms with van der Waals surface area (Å²) in [5, 5.41) is 12.2. The molecule has 2 heterocycles. The fourth-order valence-corrected chi connectivity index (χ4v) is 3.38. The van der Waals surface area contributed by atoms with Crippen LogP contribution in [0.3, 0.4) is 0 Å². The van der Waals surface area contributed by atoms with Crippen LogP contribution in [0.1, 0.15) is 39.0 Å². The third kappa shape index (κ3) is 3.08. The molecule has 5 nitrogen and oxygen atoms in total. The monoisotopic (exact) mass is 268 g/mol. The highest BCUT2D eigenvalue weighted by Crippen LogP contribution is 2.33. The van der Waals surface area contributed by atoms with Crippen molar-refractivity contribution in [2.45, 2.75) is 39.0 Å². The van der Waals surface area contributed by atoms with Gasteiger partial charge in [-0.2, -0.15) is 0 Å². The van der Waals surface area contributed by atoms with Crippen molar-refractivity contribution in [1.82, 2.24) is 10.2 Å². The van der Waals surface area contributed by atoms with Crippen LogP contribution in [0.2, 0.25) is 0 Å². The number of nitrogens with zero attached hydrogens (tertiary/aromatic N) is 1. The molecule has 19 heavy (non-hydrogen) atoms. The Morgan fingerprint density at radius 1 is 1.47 bits per heavy atom. The van der Waals surface area contributed by atoms with Gasteiger partial charge >= 0.3 is 5.97 Å². The van der Waals surface area contributed by atoms with Crippen LogP contribution in [-0.2, 0) is 9.59 Å². The van der Waals surface area contributed by atoms with Crippen molar-refractivity contribution in [3.63, 3.8) is 0 Å². The summed E-state index contributed by atoms with van der Waals surface area (Å²) in [5.74, 6) is -0.402. The van der Waals surface area contributed by atoms with Gasteiger partial charge in [0.25, 0.3) is 0 Å². The predicted molar refractivity (Wildman–Crippen MR) is 71.8 cm³/mol. The van der Waals surface area contributed by atoms with E-state index in [9.17, 15) is 9.59 Å². The number of rotatable bonds is 4. The highest BCUT2D eigenvalue weighted by molar-refractivity contribution is 5.83. The van der Waals surface area contributed by atoms with E-state index in [0.29, 0.717) is 6.54 Å². The molecule has 0 aliphatic carbocycles. The number of nitrogens with one attached hydrogen (secondary N) is 1. The second-order valence-electron chi connectivity index (χ2n) is 5.92. The molecule has 2 saturated heterocycles. The molecule has 0 aromatic carbocycles. The van der Waals surface area contributed by atoms with E-state index in [4.69, 9.17) is 5.11 Å². The van der Waals surface area contributed by atoms with Crippen LogP contribution in [0.25, 0.3) is 0 Å². The molecule has 2 fully saturated rings. The van der Waals surface area contributed by atoms with E-state index in [2.05, 4.69) is 12.2 Å². The van der Waals surface area contributed by atoms with Crippen LogP contribution >= 0.6 is 0 Å². The molecule has 2 rings (SSSR count). The summed E-state index contributed by atoms with van der Waals surface area (Å²) < 4.78 is 0. The Kier molecular flexibility index (Phi) is 4.45. The number of amides is 1. The molecule has 108 valence electrons. The molecule has 2 aliphatic heterocycles. The molecule has 5 heteroatoms. The topological polar surface area (TPSA) is 69.6 Å². The van der Waals surface area contributed by atoms with Crippen LogP contribution < -0.4 is 5.32 Å². The number of carbonyl (C=O) groups excluding carboxylic acids is 1. The Balaban J connectivity index is 2.00. The lowest BCUT2D eigenvalue weighted by molar-refractivity contribution is -0.145. The second kappa shape index (κ2) is 5.90. The van der Waals surface area contributed by atoms with E-state index in [0.717, 1.165) is 45.3 Å². The Labute approximate surface area is 114 Å². The second-order valence-corrected chi connectivity index (χ2v) is 5.92. The molecular formula is C14H24N2O3. The maximum atomic E-state index is 12.7. The molecular weight excluding hydrogens is 244 g/mol. The van der Waals surface area contributed by atoms with Gasteiger partial charge in [0.05, 0.1) is 5.41 Å². The van der Waals surface area contributed by atoms with Gasteiger partial charge in [0, 0.05) is 26.1 Å². The molecule has 0 radical (unpaired) electrons. The molecule has 0 aromatic rings. The van der Waals surface area contributed by atoms with E-state index in [1.165, 1.54) is 0 Å². The largest absolute Gasteiger partial charge is 0.481 e. The highest BCUT2D eigenvalue weighted by Gasteiger charge is 2.42. The Morgan fingerprint density at radius 3 is 2.84 bits per heavy atom. The van der Waals surface area contributed by atoms with Gasteiger partial charge in [0.2, 0.25) is 5.91 Å². The standard InChI is InChI=1S/C14H24N2O3/c1-2-14(5-6-15-10-14)13(19)16-7-3-4-11(9-16)8-12(17)18/h11,15H,2-10H2,1H3,(H,17,18). The van der Waals surface area contributed by atoms with Gasteiger partial charge in [-0.1, -0.05) is 6.92 Å². The molecule has 0 saturated carbocycles. The van der Waals surface area contributed by atoms with Crippen molar-refractivity contribution in [3.05, 3.63) is 0 Å². The summed E-state index contributed by atoms with van der Waals surface area (Å²) in [6, 6.07) is 0. The van der Waals surface area contributed by atoms with Gasteiger partial charge < -0.3 is 15.3 Å². The molecule has 2 unspecified atom stereocenters. The third-order valence-electron chi connectivity index (χ3n) is 4.64. The third-order valence-corrected chi connectivity index (χ3v) is 4.64. The van der Waals surface area contributed by atoms with Gasteiger partial charge in [0.1, 0.15) is 0 Å². The zero-order valence-electron chi connectivity index (χ0n) is 11.7.